The third kappa shape index (κ3) is 4.51. The highest BCUT2D eigenvalue weighted by atomic mass is 16.7. The summed E-state index contributed by atoms with van der Waals surface area (Å²) in [6.07, 6.45) is 4.52. The topological polar surface area (TPSA) is 56.8 Å². The summed E-state index contributed by atoms with van der Waals surface area (Å²) < 4.78 is 17.5. The number of alkyl carbamates (subject to hydrolysis) is 1. The summed E-state index contributed by atoms with van der Waals surface area (Å²) in [7, 11) is -0.330. The van der Waals surface area contributed by atoms with E-state index in [1.54, 1.807) is 0 Å². The van der Waals surface area contributed by atoms with E-state index in [1.165, 1.54) is 0 Å². The van der Waals surface area contributed by atoms with Crippen molar-refractivity contribution in [3.05, 3.63) is 11.5 Å². The van der Waals surface area contributed by atoms with Crippen molar-refractivity contribution in [2.24, 2.45) is 0 Å². The van der Waals surface area contributed by atoms with Crippen LogP contribution < -0.4 is 5.32 Å². The number of rotatable bonds is 2. The lowest BCUT2D eigenvalue weighted by atomic mass is 9.72. The maximum atomic E-state index is 11.9. The van der Waals surface area contributed by atoms with Gasteiger partial charge < -0.3 is 19.4 Å². The van der Waals surface area contributed by atoms with E-state index in [0.717, 1.165) is 24.7 Å². The minimum Gasteiger partial charge on any atom is -0.444 e. The van der Waals surface area contributed by atoms with Gasteiger partial charge in [-0.15, -0.1) is 0 Å². The van der Waals surface area contributed by atoms with E-state index in [2.05, 4.69) is 11.4 Å². The van der Waals surface area contributed by atoms with Crippen LogP contribution in [0.5, 0.6) is 0 Å². The van der Waals surface area contributed by atoms with Gasteiger partial charge in [0.2, 0.25) is 0 Å². The Morgan fingerprint density at radius 2 is 1.83 bits per heavy atom. The smallest absolute Gasteiger partial charge is 0.444 e. The molecule has 0 aromatic rings. The fraction of sp³-hybridized carbons (Fsp3) is 0.824. The van der Waals surface area contributed by atoms with Crippen LogP contribution >= 0.6 is 0 Å². The van der Waals surface area contributed by atoms with Crippen LogP contribution in [0.4, 0.5) is 4.79 Å². The van der Waals surface area contributed by atoms with Crippen molar-refractivity contribution in [1.82, 2.24) is 5.32 Å². The zero-order chi connectivity index (χ0) is 17.5. The molecule has 1 saturated heterocycles. The lowest BCUT2D eigenvalue weighted by Crippen LogP contribution is -2.41. The van der Waals surface area contributed by atoms with Crippen LogP contribution in [-0.4, -0.2) is 36.1 Å². The summed E-state index contributed by atoms with van der Waals surface area (Å²) in [5.74, 6) is 0. The molecule has 23 heavy (non-hydrogen) atoms. The van der Waals surface area contributed by atoms with E-state index in [4.69, 9.17) is 14.0 Å². The summed E-state index contributed by atoms with van der Waals surface area (Å²) in [5, 5.41) is 2.92. The fourth-order valence-electron chi connectivity index (χ4n) is 2.71. The highest BCUT2D eigenvalue weighted by Crippen LogP contribution is 2.40. The second-order valence-corrected chi connectivity index (χ2v) is 8.47. The second-order valence-electron chi connectivity index (χ2n) is 8.47. The lowest BCUT2D eigenvalue weighted by Gasteiger charge is -2.32. The van der Waals surface area contributed by atoms with Crippen molar-refractivity contribution in [3.8, 4) is 0 Å². The number of hydrogen-bond acceptors (Lipinski definition) is 4. The Morgan fingerprint density at radius 3 is 2.35 bits per heavy atom. The molecule has 0 aromatic heterocycles. The first-order valence-electron chi connectivity index (χ1n) is 8.45. The van der Waals surface area contributed by atoms with Crippen molar-refractivity contribution >= 4 is 13.2 Å². The average molecular weight is 323 g/mol. The molecule has 0 aromatic carbocycles. The summed E-state index contributed by atoms with van der Waals surface area (Å²) >= 11 is 0. The van der Waals surface area contributed by atoms with Crippen molar-refractivity contribution in [2.75, 3.05) is 0 Å². The van der Waals surface area contributed by atoms with Crippen LogP contribution in [0.15, 0.2) is 11.5 Å². The van der Waals surface area contributed by atoms with Gasteiger partial charge in [0.25, 0.3) is 0 Å². The van der Waals surface area contributed by atoms with Crippen molar-refractivity contribution < 1.29 is 18.8 Å². The first kappa shape index (κ1) is 18.3. The maximum absolute atomic E-state index is 11.9. The summed E-state index contributed by atoms with van der Waals surface area (Å²) in [6, 6.07) is -0.0346. The summed E-state index contributed by atoms with van der Waals surface area (Å²) in [5.41, 5.74) is -0.0681. The van der Waals surface area contributed by atoms with Gasteiger partial charge in [0.1, 0.15) is 5.60 Å². The molecular formula is C17H30BNO4. The van der Waals surface area contributed by atoms with E-state index < -0.39 is 5.60 Å². The molecule has 130 valence electrons. The van der Waals surface area contributed by atoms with Crippen molar-refractivity contribution in [1.29, 1.82) is 0 Å². The molecule has 0 saturated carbocycles. The number of amides is 1. The minimum atomic E-state index is -0.489. The predicted molar refractivity (Wildman–Crippen MR) is 91.2 cm³/mol. The van der Waals surface area contributed by atoms with Gasteiger partial charge >= 0.3 is 13.2 Å². The number of ether oxygens (including phenoxy) is 1. The van der Waals surface area contributed by atoms with Gasteiger partial charge in [0.05, 0.1) is 17.2 Å². The normalized spacial score (nSPS) is 26.7. The summed E-state index contributed by atoms with van der Waals surface area (Å²) in [4.78, 5) is 11.9. The molecule has 1 fully saturated rings. The molecule has 1 N–H and O–H groups in total. The number of allylic oxidation sites excluding steroid dienone is 1. The molecule has 1 aliphatic carbocycles. The highest BCUT2D eigenvalue weighted by Gasteiger charge is 2.52. The van der Waals surface area contributed by atoms with Crippen molar-refractivity contribution in [3.63, 3.8) is 0 Å². The maximum Gasteiger partial charge on any atom is 0.490 e. The van der Waals surface area contributed by atoms with E-state index in [1.807, 2.05) is 48.5 Å². The Morgan fingerprint density at radius 1 is 1.26 bits per heavy atom. The zero-order valence-corrected chi connectivity index (χ0v) is 15.5. The van der Waals surface area contributed by atoms with Gasteiger partial charge in [0, 0.05) is 0 Å². The van der Waals surface area contributed by atoms with Gasteiger partial charge in [-0.2, -0.15) is 0 Å². The monoisotopic (exact) mass is 323 g/mol. The minimum absolute atomic E-state index is 0.0346. The van der Waals surface area contributed by atoms with Gasteiger partial charge in [-0.1, -0.05) is 6.08 Å². The molecule has 5 nitrogen and oxygen atoms in total. The molecule has 1 aliphatic heterocycles. The van der Waals surface area contributed by atoms with E-state index in [0.29, 0.717) is 0 Å². The number of carbonyl (C=O) groups excluding carboxylic acids is 1. The lowest BCUT2D eigenvalue weighted by molar-refractivity contribution is 0.00578. The van der Waals surface area contributed by atoms with Gasteiger partial charge in [-0.25, -0.2) is 4.79 Å². The number of carbonyl (C=O) groups is 1. The third-order valence-corrected chi connectivity index (χ3v) is 4.65. The number of hydrogen-bond donors (Lipinski definition) is 1. The standard InChI is InChI=1S/C17H30BNO4/c1-15(2,3)21-14(20)19-13-10-8-9-12(11-13)18-22-16(4,5)17(6,7)23-18/h11,13H,8-10H2,1-7H3,(H,19,20). The van der Waals surface area contributed by atoms with Crippen LogP contribution in [-0.2, 0) is 14.0 Å². The molecule has 1 amide bonds. The largest absolute Gasteiger partial charge is 0.490 e. The summed E-state index contributed by atoms with van der Waals surface area (Å²) in [6.45, 7) is 13.8. The van der Waals surface area contributed by atoms with Crippen LogP contribution in [0.1, 0.15) is 67.7 Å². The fourth-order valence-corrected chi connectivity index (χ4v) is 2.71. The molecule has 0 radical (unpaired) electrons. The molecule has 0 spiro atoms. The van der Waals surface area contributed by atoms with Gasteiger partial charge in [-0.3, -0.25) is 0 Å². The third-order valence-electron chi connectivity index (χ3n) is 4.65. The van der Waals surface area contributed by atoms with Gasteiger partial charge in [-0.05, 0) is 73.2 Å². The molecule has 1 atom stereocenters. The highest BCUT2D eigenvalue weighted by molar-refractivity contribution is 6.54. The Bertz CT molecular complexity index is 477. The molecule has 0 bridgehead atoms. The SMILES string of the molecule is CC(C)(C)OC(=O)NC1C=C(B2OC(C)(C)C(C)(C)O2)CCC1. The Labute approximate surface area is 140 Å². The van der Waals surface area contributed by atoms with Crippen LogP contribution in [0.25, 0.3) is 0 Å². The Hall–Kier alpha value is -1.01. The Balaban J connectivity index is 2.01. The van der Waals surface area contributed by atoms with Gasteiger partial charge in [0.15, 0.2) is 0 Å². The van der Waals surface area contributed by atoms with Crippen LogP contribution in [0, 0.1) is 0 Å². The molecule has 2 rings (SSSR count). The Kier molecular flexibility index (Phi) is 4.89. The number of nitrogens with one attached hydrogen (secondary N) is 1. The first-order valence-corrected chi connectivity index (χ1v) is 8.45. The van der Waals surface area contributed by atoms with E-state index >= 15 is 0 Å². The molecule has 2 aliphatic rings. The van der Waals surface area contributed by atoms with Crippen molar-refractivity contribution in [2.45, 2.75) is 90.6 Å². The second kappa shape index (κ2) is 6.13. The molecule has 6 heteroatoms. The quantitative estimate of drug-likeness (QED) is 0.789. The first-order chi connectivity index (χ1) is 10.4. The van der Waals surface area contributed by atoms with E-state index in [9.17, 15) is 4.79 Å². The average Bonchev–Trinajstić information content (AvgIpc) is 2.56. The molecular weight excluding hydrogens is 293 g/mol. The van der Waals surface area contributed by atoms with Crippen LogP contribution in [0.2, 0.25) is 0 Å². The van der Waals surface area contributed by atoms with Crippen LogP contribution in [0.3, 0.4) is 0 Å². The molecule has 1 heterocycles. The zero-order valence-electron chi connectivity index (χ0n) is 15.5. The van der Waals surface area contributed by atoms with E-state index in [-0.39, 0.29) is 30.5 Å². The predicted octanol–water partition coefficient (Wildman–Crippen LogP) is 3.62. The molecule has 1 unspecified atom stereocenters.